The van der Waals surface area contributed by atoms with Gasteiger partial charge in [-0.1, -0.05) is 6.58 Å². The van der Waals surface area contributed by atoms with Gasteiger partial charge in [-0.05, 0) is 30.4 Å². The number of rotatable bonds is 4. The highest BCUT2D eigenvalue weighted by atomic mass is 16.3. The third-order valence-electron chi connectivity index (χ3n) is 1.78. The highest BCUT2D eigenvalue weighted by Crippen LogP contribution is 2.29. The van der Waals surface area contributed by atoms with Gasteiger partial charge in [-0.3, -0.25) is 0 Å². The zero-order valence-corrected chi connectivity index (χ0v) is 8.59. The van der Waals surface area contributed by atoms with Gasteiger partial charge in [0, 0.05) is 12.3 Å². The van der Waals surface area contributed by atoms with Gasteiger partial charge in [-0.25, -0.2) is 4.99 Å². The number of phenols is 2. The fourth-order valence-electron chi connectivity index (χ4n) is 1.04. The molecule has 0 saturated carbocycles. The Hall–Kier alpha value is -2.36. The first-order valence-electron chi connectivity index (χ1n) is 4.57. The summed E-state index contributed by atoms with van der Waals surface area (Å²) in [4.78, 5) is 4.10. The molecule has 0 bridgehead atoms. The van der Waals surface area contributed by atoms with E-state index in [4.69, 9.17) is 10.5 Å². The standard InChI is InChI=1S/C12H12N2O2/c1-2-9(4-3-7-13)14-11-6-5-10(15)8-12(11)16/h2-8,13,15-16H,1H2/b4-3-,13-7?,14-9?. The summed E-state index contributed by atoms with van der Waals surface area (Å²) in [6.45, 7) is 3.57. The topological polar surface area (TPSA) is 76.7 Å². The molecule has 0 spiro atoms. The van der Waals surface area contributed by atoms with Crippen LogP contribution in [0.25, 0.3) is 0 Å². The zero-order chi connectivity index (χ0) is 12.0. The van der Waals surface area contributed by atoms with E-state index in [1.807, 2.05) is 0 Å². The maximum absolute atomic E-state index is 9.49. The Balaban J connectivity index is 3.08. The van der Waals surface area contributed by atoms with Crippen molar-refractivity contribution in [3.8, 4) is 11.5 Å². The monoisotopic (exact) mass is 216 g/mol. The number of nitrogens with zero attached hydrogens (tertiary/aromatic N) is 1. The number of benzene rings is 1. The predicted octanol–water partition coefficient (Wildman–Crippen LogP) is 2.56. The smallest absolute Gasteiger partial charge is 0.144 e. The van der Waals surface area contributed by atoms with Crippen LogP contribution < -0.4 is 0 Å². The summed E-state index contributed by atoms with van der Waals surface area (Å²) in [6.07, 6.45) is 5.71. The number of hydrogen-bond acceptors (Lipinski definition) is 4. The molecule has 0 aliphatic carbocycles. The third-order valence-corrected chi connectivity index (χ3v) is 1.78. The largest absolute Gasteiger partial charge is 0.508 e. The van der Waals surface area contributed by atoms with Crippen LogP contribution in [0.1, 0.15) is 0 Å². The lowest BCUT2D eigenvalue weighted by Crippen LogP contribution is -1.85. The second kappa shape index (κ2) is 5.50. The van der Waals surface area contributed by atoms with Gasteiger partial charge < -0.3 is 15.6 Å². The van der Waals surface area contributed by atoms with E-state index in [0.29, 0.717) is 11.4 Å². The van der Waals surface area contributed by atoms with Gasteiger partial charge in [-0.15, -0.1) is 0 Å². The molecule has 0 aliphatic rings. The van der Waals surface area contributed by atoms with Crippen molar-refractivity contribution >= 4 is 17.6 Å². The van der Waals surface area contributed by atoms with Crippen molar-refractivity contribution in [3.63, 3.8) is 0 Å². The second-order valence-electron chi connectivity index (χ2n) is 2.94. The van der Waals surface area contributed by atoms with Crippen molar-refractivity contribution in [1.29, 1.82) is 5.41 Å². The maximum atomic E-state index is 9.49. The van der Waals surface area contributed by atoms with E-state index in [0.717, 1.165) is 6.21 Å². The molecule has 0 radical (unpaired) electrons. The summed E-state index contributed by atoms with van der Waals surface area (Å²) in [7, 11) is 0. The quantitative estimate of drug-likeness (QED) is 0.676. The van der Waals surface area contributed by atoms with Crippen molar-refractivity contribution in [1.82, 2.24) is 0 Å². The first-order chi connectivity index (χ1) is 7.67. The van der Waals surface area contributed by atoms with E-state index in [1.165, 1.54) is 30.4 Å². The molecule has 0 fully saturated rings. The molecule has 4 heteroatoms. The number of aromatic hydroxyl groups is 2. The SMILES string of the molecule is C=CC(/C=C\C=N)=Nc1ccc(O)cc1O. The first kappa shape index (κ1) is 11.7. The molecule has 0 aliphatic heterocycles. The summed E-state index contributed by atoms with van der Waals surface area (Å²) < 4.78 is 0. The molecule has 1 rings (SSSR count). The Morgan fingerprint density at radius 3 is 2.69 bits per heavy atom. The van der Waals surface area contributed by atoms with Gasteiger partial charge in [0.15, 0.2) is 0 Å². The lowest BCUT2D eigenvalue weighted by Gasteiger charge is -2.00. The van der Waals surface area contributed by atoms with Crippen molar-refractivity contribution in [3.05, 3.63) is 43.0 Å². The third kappa shape index (κ3) is 3.09. The Labute approximate surface area is 93.4 Å². The molecule has 1 aromatic rings. The minimum Gasteiger partial charge on any atom is -0.508 e. The number of phenolic OH excluding ortho intramolecular Hbond substituents is 2. The summed E-state index contributed by atoms with van der Waals surface area (Å²) in [6, 6.07) is 4.13. The Bertz CT molecular complexity index is 462. The first-order valence-corrected chi connectivity index (χ1v) is 4.57. The van der Waals surface area contributed by atoms with E-state index in [2.05, 4.69) is 11.6 Å². The van der Waals surface area contributed by atoms with Gasteiger partial charge in [0.1, 0.15) is 17.2 Å². The fourth-order valence-corrected chi connectivity index (χ4v) is 1.04. The number of nitrogens with one attached hydrogen (secondary N) is 1. The molecule has 0 aromatic heterocycles. The Kier molecular flexibility index (Phi) is 4.03. The van der Waals surface area contributed by atoms with Crippen molar-refractivity contribution in [2.24, 2.45) is 4.99 Å². The predicted molar refractivity (Wildman–Crippen MR) is 65.0 cm³/mol. The highest BCUT2D eigenvalue weighted by Gasteiger charge is 2.00. The Morgan fingerprint density at radius 2 is 2.12 bits per heavy atom. The molecule has 0 heterocycles. The average molecular weight is 216 g/mol. The van der Waals surface area contributed by atoms with Crippen LogP contribution in [0.15, 0.2) is 48.0 Å². The molecule has 0 atom stereocenters. The van der Waals surface area contributed by atoms with Crippen LogP contribution in [0.5, 0.6) is 11.5 Å². The molecular formula is C12H12N2O2. The van der Waals surface area contributed by atoms with E-state index >= 15 is 0 Å². The van der Waals surface area contributed by atoms with Crippen molar-refractivity contribution in [2.45, 2.75) is 0 Å². The minimum absolute atomic E-state index is 0.0216. The van der Waals surface area contributed by atoms with Crippen LogP contribution in [0.3, 0.4) is 0 Å². The molecule has 82 valence electrons. The number of hydrogen-bond donors (Lipinski definition) is 3. The maximum Gasteiger partial charge on any atom is 0.144 e. The van der Waals surface area contributed by atoms with Gasteiger partial charge in [0.25, 0.3) is 0 Å². The molecule has 3 N–H and O–H groups in total. The van der Waals surface area contributed by atoms with Crippen LogP contribution in [0, 0.1) is 5.41 Å². The number of allylic oxidation sites excluding steroid dienone is 3. The summed E-state index contributed by atoms with van der Waals surface area (Å²) in [5.41, 5.74) is 0.854. The molecular weight excluding hydrogens is 204 g/mol. The van der Waals surface area contributed by atoms with Crippen molar-refractivity contribution < 1.29 is 10.2 Å². The molecule has 4 nitrogen and oxygen atoms in total. The van der Waals surface area contributed by atoms with Crippen LogP contribution in [-0.4, -0.2) is 22.1 Å². The van der Waals surface area contributed by atoms with Gasteiger partial charge in [-0.2, -0.15) is 0 Å². The lowest BCUT2D eigenvalue weighted by molar-refractivity contribution is 0.451. The van der Waals surface area contributed by atoms with Gasteiger partial charge in [0.2, 0.25) is 0 Å². The van der Waals surface area contributed by atoms with E-state index < -0.39 is 0 Å². The van der Waals surface area contributed by atoms with Crippen LogP contribution in [0.4, 0.5) is 5.69 Å². The van der Waals surface area contributed by atoms with E-state index in [-0.39, 0.29) is 11.5 Å². The molecule has 1 aromatic carbocycles. The summed E-state index contributed by atoms with van der Waals surface area (Å²) in [5.74, 6) is -0.130. The normalized spacial score (nSPS) is 11.6. The number of aliphatic imine (C=N–C) groups is 1. The van der Waals surface area contributed by atoms with E-state index in [1.54, 1.807) is 6.08 Å². The molecule has 16 heavy (non-hydrogen) atoms. The second-order valence-corrected chi connectivity index (χ2v) is 2.94. The van der Waals surface area contributed by atoms with Gasteiger partial charge in [0.05, 0.1) is 5.71 Å². The van der Waals surface area contributed by atoms with Crippen LogP contribution in [-0.2, 0) is 0 Å². The zero-order valence-electron chi connectivity index (χ0n) is 8.59. The van der Waals surface area contributed by atoms with Gasteiger partial charge >= 0.3 is 0 Å². The lowest BCUT2D eigenvalue weighted by atomic mass is 10.2. The average Bonchev–Trinajstić information content (AvgIpc) is 2.27. The van der Waals surface area contributed by atoms with Crippen LogP contribution in [0.2, 0.25) is 0 Å². The van der Waals surface area contributed by atoms with Crippen molar-refractivity contribution in [2.75, 3.05) is 0 Å². The highest BCUT2D eigenvalue weighted by molar-refractivity contribution is 6.06. The summed E-state index contributed by atoms with van der Waals surface area (Å²) >= 11 is 0. The minimum atomic E-state index is -0.109. The molecule has 0 unspecified atom stereocenters. The van der Waals surface area contributed by atoms with E-state index in [9.17, 15) is 5.11 Å². The van der Waals surface area contributed by atoms with Crippen LogP contribution >= 0.6 is 0 Å². The summed E-state index contributed by atoms with van der Waals surface area (Å²) in [5, 5.41) is 25.4. The Morgan fingerprint density at radius 1 is 1.38 bits per heavy atom. The molecule has 0 amide bonds. The fraction of sp³-hybridized carbons (Fsp3) is 0. The molecule has 0 saturated heterocycles.